The van der Waals surface area contributed by atoms with Crippen molar-refractivity contribution in [1.82, 2.24) is 26.2 Å². The van der Waals surface area contributed by atoms with Crippen molar-refractivity contribution >= 4 is 35.7 Å². The van der Waals surface area contributed by atoms with Crippen LogP contribution in [0.25, 0.3) is 0 Å². The average Bonchev–Trinajstić information content (AvgIpc) is 3.20. The molecule has 2 rings (SSSR count). The van der Waals surface area contributed by atoms with Crippen molar-refractivity contribution in [2.24, 2.45) is 22.7 Å². The first-order valence-corrected chi connectivity index (χ1v) is 15.9. The Labute approximate surface area is 273 Å². The quantitative estimate of drug-likeness (QED) is 0.142. The second kappa shape index (κ2) is 14.4. The zero-order chi connectivity index (χ0) is 35.4. The highest BCUT2D eigenvalue weighted by Gasteiger charge is 2.70. The number of hydrogen-bond acceptors (Lipinski definition) is 8. The highest BCUT2D eigenvalue weighted by molar-refractivity contribution is 6.38. The van der Waals surface area contributed by atoms with Crippen molar-refractivity contribution in [3.63, 3.8) is 0 Å². The van der Waals surface area contributed by atoms with Crippen LogP contribution >= 0.6 is 0 Å². The van der Waals surface area contributed by atoms with Crippen molar-refractivity contribution in [3.05, 3.63) is 12.7 Å². The zero-order valence-electron chi connectivity index (χ0n) is 29.4. The number of allylic oxidation sites excluding steroid dienone is 1. The van der Waals surface area contributed by atoms with Gasteiger partial charge in [-0.1, -0.05) is 40.7 Å². The Morgan fingerprint density at radius 2 is 1.41 bits per heavy atom. The van der Waals surface area contributed by atoms with Crippen molar-refractivity contribution in [3.8, 4) is 0 Å². The molecule has 2 aliphatic rings. The van der Waals surface area contributed by atoms with E-state index in [2.05, 4.69) is 27.8 Å². The lowest BCUT2D eigenvalue weighted by Gasteiger charge is -2.38. The molecule has 260 valence electrons. The normalized spacial score (nSPS) is 21.5. The van der Waals surface area contributed by atoms with Crippen LogP contribution in [-0.2, 0) is 28.7 Å². The molecule has 5 atom stereocenters. The SMILES string of the molecule is C=CCCC(NC(=O)[C@@H]1C2C(CN1C(=O)[C@@H](NC(=O)OC(C)(C)C)C(C)(C)C)C2(C)C)C(=O)C(=O)NCCNC(=O)OC(C)(C)C. The van der Waals surface area contributed by atoms with Crippen molar-refractivity contribution in [2.45, 2.75) is 118 Å². The number of Topliss-reactive ketones (excluding diaryl/α,β-unsaturated/α-hetero) is 1. The number of nitrogens with one attached hydrogen (secondary N) is 4. The van der Waals surface area contributed by atoms with E-state index in [1.54, 1.807) is 47.6 Å². The summed E-state index contributed by atoms with van der Waals surface area (Å²) in [7, 11) is 0. The second-order valence-corrected chi connectivity index (χ2v) is 15.8. The van der Waals surface area contributed by atoms with Crippen LogP contribution in [0.5, 0.6) is 0 Å². The van der Waals surface area contributed by atoms with Gasteiger partial charge in [0, 0.05) is 19.6 Å². The number of ketones is 1. The lowest BCUT2D eigenvalue weighted by molar-refractivity contribution is -0.145. The largest absolute Gasteiger partial charge is 0.444 e. The summed E-state index contributed by atoms with van der Waals surface area (Å²) in [6, 6.07) is -3.06. The molecule has 13 nitrogen and oxygen atoms in total. The van der Waals surface area contributed by atoms with E-state index < -0.39 is 70.4 Å². The summed E-state index contributed by atoms with van der Waals surface area (Å²) in [5, 5.41) is 10.4. The molecule has 1 heterocycles. The maximum atomic E-state index is 14.0. The zero-order valence-corrected chi connectivity index (χ0v) is 29.4. The number of ether oxygens (including phenoxy) is 2. The number of amides is 5. The Hall–Kier alpha value is -3.64. The number of hydrogen-bond donors (Lipinski definition) is 4. The van der Waals surface area contributed by atoms with Crippen LogP contribution in [0.2, 0.25) is 0 Å². The summed E-state index contributed by atoms with van der Waals surface area (Å²) in [4.78, 5) is 80.0. The Bertz CT molecular complexity index is 1190. The molecule has 1 aliphatic carbocycles. The van der Waals surface area contributed by atoms with Gasteiger partial charge in [0.05, 0.1) is 6.04 Å². The Morgan fingerprint density at radius 3 is 1.93 bits per heavy atom. The van der Waals surface area contributed by atoms with Crippen LogP contribution in [0.1, 0.15) is 89.0 Å². The third-order valence-electron chi connectivity index (χ3n) is 8.13. The van der Waals surface area contributed by atoms with E-state index in [-0.39, 0.29) is 36.8 Å². The number of nitrogens with zero attached hydrogens (tertiary/aromatic N) is 1. The molecule has 4 N–H and O–H groups in total. The van der Waals surface area contributed by atoms with E-state index in [0.29, 0.717) is 13.0 Å². The highest BCUT2D eigenvalue weighted by Crippen LogP contribution is 2.65. The van der Waals surface area contributed by atoms with Gasteiger partial charge in [0.1, 0.15) is 23.3 Å². The minimum atomic E-state index is -1.17. The molecular formula is C33H55N5O8. The van der Waals surface area contributed by atoms with Crippen LogP contribution < -0.4 is 21.3 Å². The van der Waals surface area contributed by atoms with Gasteiger partial charge in [0.2, 0.25) is 17.6 Å². The van der Waals surface area contributed by atoms with Gasteiger partial charge in [0.25, 0.3) is 5.91 Å². The molecule has 0 radical (unpaired) electrons. The fraction of sp³-hybridized carbons (Fsp3) is 0.758. The van der Waals surface area contributed by atoms with E-state index in [4.69, 9.17) is 9.47 Å². The summed E-state index contributed by atoms with van der Waals surface area (Å²) in [5.74, 6) is -2.85. The molecule has 13 heteroatoms. The molecule has 0 spiro atoms. The molecule has 1 saturated carbocycles. The van der Waals surface area contributed by atoms with Crippen LogP contribution in [0.3, 0.4) is 0 Å². The van der Waals surface area contributed by atoms with Crippen molar-refractivity contribution in [2.75, 3.05) is 19.6 Å². The molecule has 1 aliphatic heterocycles. The summed E-state index contributed by atoms with van der Waals surface area (Å²) in [5.41, 5.74) is -2.38. The van der Waals surface area contributed by atoms with E-state index in [9.17, 15) is 28.8 Å². The molecule has 0 aromatic heterocycles. The highest BCUT2D eigenvalue weighted by atomic mass is 16.6. The van der Waals surface area contributed by atoms with Crippen molar-refractivity contribution < 1.29 is 38.2 Å². The molecule has 1 saturated heterocycles. The lowest BCUT2D eigenvalue weighted by atomic mass is 9.85. The second-order valence-electron chi connectivity index (χ2n) is 15.8. The average molecular weight is 650 g/mol. The third kappa shape index (κ3) is 10.4. The van der Waals surface area contributed by atoms with Crippen LogP contribution in [0.15, 0.2) is 12.7 Å². The minimum Gasteiger partial charge on any atom is -0.444 e. The Balaban J connectivity index is 2.19. The fourth-order valence-corrected chi connectivity index (χ4v) is 5.76. The van der Waals surface area contributed by atoms with E-state index in [1.165, 1.54) is 4.90 Å². The van der Waals surface area contributed by atoms with Gasteiger partial charge in [0.15, 0.2) is 0 Å². The number of fused-ring (bicyclic) bond motifs is 1. The molecule has 3 unspecified atom stereocenters. The topological polar surface area (TPSA) is 172 Å². The number of carbonyl (C=O) groups excluding carboxylic acids is 6. The van der Waals surface area contributed by atoms with Gasteiger partial charge in [-0.2, -0.15) is 0 Å². The summed E-state index contributed by atoms with van der Waals surface area (Å²) < 4.78 is 10.6. The summed E-state index contributed by atoms with van der Waals surface area (Å²) >= 11 is 0. The van der Waals surface area contributed by atoms with Crippen LogP contribution in [0, 0.1) is 22.7 Å². The Morgan fingerprint density at radius 1 is 0.870 bits per heavy atom. The molecular weight excluding hydrogens is 594 g/mol. The van der Waals surface area contributed by atoms with Gasteiger partial charge in [-0.05, 0) is 77.0 Å². The molecule has 5 amide bonds. The molecule has 0 bridgehead atoms. The maximum Gasteiger partial charge on any atom is 0.408 e. The number of alkyl carbamates (subject to hydrolysis) is 2. The van der Waals surface area contributed by atoms with Crippen molar-refractivity contribution in [1.29, 1.82) is 0 Å². The summed E-state index contributed by atoms with van der Waals surface area (Å²) in [6.45, 7) is 23.8. The number of piperidine rings is 1. The van der Waals surface area contributed by atoms with Gasteiger partial charge in [-0.25, -0.2) is 9.59 Å². The van der Waals surface area contributed by atoms with Gasteiger partial charge < -0.3 is 35.6 Å². The maximum absolute atomic E-state index is 14.0. The third-order valence-corrected chi connectivity index (χ3v) is 8.13. The van der Waals surface area contributed by atoms with E-state index in [0.717, 1.165) is 0 Å². The number of carbonyl (C=O) groups is 6. The first kappa shape index (κ1) is 38.5. The molecule has 0 aromatic carbocycles. The van der Waals surface area contributed by atoms with Gasteiger partial charge >= 0.3 is 12.2 Å². The first-order valence-electron chi connectivity index (χ1n) is 15.9. The standard InChI is InChI=1S/C33H55N5O8/c1-13-14-15-20(23(39)26(41)34-16-17-35-28(43)45-31(5,6)7)36-25(40)22-21-19(33(21,11)12)18-38(22)27(42)24(30(2,3)4)37-29(44)46-32(8,9)10/h13,19-22,24H,1,14-18H2,2-12H3,(H,34,41)(H,35,43)(H,36,40)(H,37,44)/t19?,20?,21?,22-,24+/m0/s1. The van der Waals surface area contributed by atoms with E-state index in [1.807, 2.05) is 34.6 Å². The first-order chi connectivity index (χ1) is 20.9. The predicted molar refractivity (Wildman–Crippen MR) is 172 cm³/mol. The monoisotopic (exact) mass is 649 g/mol. The lowest BCUT2D eigenvalue weighted by Crippen LogP contribution is -2.60. The van der Waals surface area contributed by atoms with Crippen LogP contribution in [0.4, 0.5) is 9.59 Å². The molecule has 0 aromatic rings. The van der Waals surface area contributed by atoms with Gasteiger partial charge in [-0.3, -0.25) is 19.2 Å². The summed E-state index contributed by atoms with van der Waals surface area (Å²) in [6.07, 6.45) is 0.656. The number of rotatable bonds is 12. The molecule has 46 heavy (non-hydrogen) atoms. The molecule has 2 fully saturated rings. The number of likely N-dealkylation sites (tertiary alicyclic amines) is 1. The smallest absolute Gasteiger partial charge is 0.408 e. The predicted octanol–water partition coefficient (Wildman–Crippen LogP) is 3.07. The Kier molecular flexibility index (Phi) is 12.1. The van der Waals surface area contributed by atoms with Crippen LogP contribution in [-0.4, -0.2) is 89.6 Å². The van der Waals surface area contributed by atoms with Gasteiger partial charge in [-0.15, -0.1) is 6.58 Å². The van der Waals surface area contributed by atoms with E-state index >= 15 is 0 Å². The fourth-order valence-electron chi connectivity index (χ4n) is 5.76. The minimum absolute atomic E-state index is 0.0290.